The number of fused-ring (bicyclic) bond motifs is 2. The fourth-order valence-electron chi connectivity index (χ4n) is 3.16. The lowest BCUT2D eigenvalue weighted by Gasteiger charge is -2.25. The fraction of sp³-hybridized carbons (Fsp3) is 0.346. The molecule has 0 saturated heterocycles. The minimum absolute atomic E-state index is 0.0268. The molecule has 0 bridgehead atoms. The summed E-state index contributed by atoms with van der Waals surface area (Å²) in [6, 6.07) is 15.9. The second kappa shape index (κ2) is 13.9. The molecule has 4 rings (SSSR count). The largest absolute Gasteiger partial charge is 0.491 e. The molecular weight excluding hydrogens is 576 g/mol. The maximum absolute atomic E-state index is 10.6. The average Bonchev–Trinajstić information content (AvgIpc) is 3.34. The molecule has 3 N–H and O–H groups in total. The maximum atomic E-state index is 10.6. The summed E-state index contributed by atoms with van der Waals surface area (Å²) in [4.78, 5) is 22.7. The maximum Gasteiger partial charge on any atom is 0.490 e. The third-order valence-electron chi connectivity index (χ3n) is 5.18. The van der Waals surface area contributed by atoms with Gasteiger partial charge in [-0.1, -0.05) is 45.0 Å². The molecular formula is C26H27F6N5O5. The number of halogens is 6. The molecule has 0 aliphatic heterocycles. The molecule has 0 amide bonds. The summed E-state index contributed by atoms with van der Waals surface area (Å²) < 4.78 is 71.6. The molecule has 0 aliphatic carbocycles. The van der Waals surface area contributed by atoms with Crippen LogP contribution in [0.15, 0.2) is 54.7 Å². The quantitative estimate of drug-likeness (QED) is 0.243. The highest BCUT2D eigenvalue weighted by Crippen LogP contribution is 2.28. The lowest BCUT2D eigenvalue weighted by molar-refractivity contribution is -0.193. The van der Waals surface area contributed by atoms with E-state index in [4.69, 9.17) is 29.5 Å². The Hall–Kier alpha value is -4.47. The van der Waals surface area contributed by atoms with Gasteiger partial charge in [0.1, 0.15) is 17.0 Å². The number of carbonyl (C=O) groups is 2. The van der Waals surface area contributed by atoms with Crippen molar-refractivity contribution in [2.45, 2.75) is 33.1 Å². The van der Waals surface area contributed by atoms with Crippen LogP contribution in [-0.2, 0) is 9.59 Å². The van der Waals surface area contributed by atoms with E-state index < -0.39 is 24.3 Å². The summed E-state index contributed by atoms with van der Waals surface area (Å²) in [6.07, 6.45) is -8.22. The number of aliphatic carboxylic acids is 2. The van der Waals surface area contributed by atoms with Crippen molar-refractivity contribution < 1.29 is 50.9 Å². The molecule has 3 aromatic heterocycles. The molecule has 0 aliphatic rings. The Bertz CT molecular complexity index is 1480. The lowest BCUT2D eigenvalue weighted by Crippen LogP contribution is -2.34. The molecule has 0 spiro atoms. The Labute approximate surface area is 235 Å². The number of alkyl halides is 6. The van der Waals surface area contributed by atoms with Crippen LogP contribution < -0.4 is 10.1 Å². The zero-order valence-corrected chi connectivity index (χ0v) is 22.5. The number of hydrogen-bond acceptors (Lipinski definition) is 7. The molecule has 42 heavy (non-hydrogen) atoms. The van der Waals surface area contributed by atoms with Crippen LogP contribution in [0.2, 0.25) is 0 Å². The number of nitrogens with zero attached hydrogens (tertiary/aromatic N) is 4. The smallest absolute Gasteiger partial charge is 0.490 e. The van der Waals surface area contributed by atoms with Gasteiger partial charge in [-0.05, 0) is 30.8 Å². The van der Waals surface area contributed by atoms with Crippen LogP contribution in [-0.4, -0.2) is 73.8 Å². The number of benzene rings is 1. The van der Waals surface area contributed by atoms with Crippen LogP contribution >= 0.6 is 0 Å². The van der Waals surface area contributed by atoms with Gasteiger partial charge in [0.05, 0.1) is 6.61 Å². The molecule has 0 radical (unpaired) electrons. The van der Waals surface area contributed by atoms with E-state index in [0.717, 1.165) is 46.9 Å². The third kappa shape index (κ3) is 9.87. The average molecular weight is 604 g/mol. The SMILES string of the molecule is CCNCC(C)(C)COc1cccc2ccc(-c3nnc4ccccn34)nc12.O=C(O)C(F)(F)F.O=C(O)C(F)(F)F. The number of hydrogen-bond donors (Lipinski definition) is 3. The summed E-state index contributed by atoms with van der Waals surface area (Å²) in [6.45, 7) is 8.97. The highest BCUT2D eigenvalue weighted by atomic mass is 19.4. The van der Waals surface area contributed by atoms with Crippen molar-refractivity contribution in [3.8, 4) is 17.3 Å². The van der Waals surface area contributed by atoms with Crippen LogP contribution in [0.5, 0.6) is 5.75 Å². The van der Waals surface area contributed by atoms with Gasteiger partial charge in [-0.25, -0.2) is 14.6 Å². The first-order valence-corrected chi connectivity index (χ1v) is 12.1. The van der Waals surface area contributed by atoms with Gasteiger partial charge in [-0.15, -0.1) is 10.2 Å². The number of carboxylic acid groups (broad SMARTS) is 2. The van der Waals surface area contributed by atoms with E-state index in [9.17, 15) is 26.3 Å². The second-order valence-electron chi connectivity index (χ2n) is 9.32. The van der Waals surface area contributed by atoms with Crippen LogP contribution in [0.3, 0.4) is 0 Å². The van der Waals surface area contributed by atoms with Gasteiger partial charge < -0.3 is 20.3 Å². The first-order valence-electron chi connectivity index (χ1n) is 12.1. The predicted molar refractivity (Wildman–Crippen MR) is 139 cm³/mol. The van der Waals surface area contributed by atoms with Crippen molar-refractivity contribution >= 4 is 28.5 Å². The van der Waals surface area contributed by atoms with Gasteiger partial charge in [0.25, 0.3) is 0 Å². The highest BCUT2D eigenvalue weighted by Gasteiger charge is 2.38. The molecule has 0 atom stereocenters. The molecule has 10 nitrogen and oxygen atoms in total. The summed E-state index contributed by atoms with van der Waals surface area (Å²) in [7, 11) is 0. The molecule has 4 aromatic rings. The molecule has 1 aromatic carbocycles. The van der Waals surface area contributed by atoms with Crippen LogP contribution in [0.1, 0.15) is 20.8 Å². The summed E-state index contributed by atoms with van der Waals surface area (Å²) in [5, 5.41) is 27.2. The van der Waals surface area contributed by atoms with Gasteiger partial charge in [0.2, 0.25) is 0 Å². The summed E-state index contributed by atoms with van der Waals surface area (Å²) in [5.74, 6) is -4.00. The molecule has 0 unspecified atom stereocenters. The first-order chi connectivity index (χ1) is 19.5. The number of nitrogens with one attached hydrogen (secondary N) is 1. The van der Waals surface area contributed by atoms with Gasteiger partial charge in [0.15, 0.2) is 11.5 Å². The van der Waals surface area contributed by atoms with Gasteiger partial charge in [-0.3, -0.25) is 4.40 Å². The molecule has 0 saturated carbocycles. The van der Waals surface area contributed by atoms with Crippen LogP contribution in [0.4, 0.5) is 26.3 Å². The Kier molecular flexibility index (Phi) is 11.2. The minimum Gasteiger partial charge on any atom is -0.491 e. The standard InChI is InChI=1S/C22H25N5O.2C2HF3O2/c1-4-23-14-22(2,3)15-28-18-9-7-8-16-11-12-17(24-20(16)18)21-26-25-19-10-5-6-13-27(19)21;2*3-2(4,5)1(6)7/h5-13,23H,4,14-15H2,1-3H3;2*(H,6,7). The number of pyridine rings is 2. The van der Waals surface area contributed by atoms with E-state index in [1.165, 1.54) is 0 Å². The van der Waals surface area contributed by atoms with Crippen LogP contribution in [0, 0.1) is 5.41 Å². The number of para-hydroxylation sites is 1. The summed E-state index contributed by atoms with van der Waals surface area (Å²) >= 11 is 0. The Morgan fingerprint density at radius 2 is 1.52 bits per heavy atom. The Morgan fingerprint density at radius 1 is 0.905 bits per heavy atom. The van der Waals surface area contributed by atoms with Crippen molar-refractivity contribution in [2.24, 2.45) is 5.41 Å². The normalized spacial score (nSPS) is 11.7. The Morgan fingerprint density at radius 3 is 2.10 bits per heavy atom. The lowest BCUT2D eigenvalue weighted by atomic mass is 9.95. The monoisotopic (exact) mass is 603 g/mol. The second-order valence-corrected chi connectivity index (χ2v) is 9.32. The van der Waals surface area contributed by atoms with Gasteiger partial charge in [-0.2, -0.15) is 26.3 Å². The Balaban J connectivity index is 0.000000367. The zero-order valence-electron chi connectivity index (χ0n) is 22.5. The van der Waals surface area contributed by atoms with Crippen molar-refractivity contribution in [1.82, 2.24) is 24.9 Å². The van der Waals surface area contributed by atoms with Crippen molar-refractivity contribution in [3.63, 3.8) is 0 Å². The molecule has 0 fully saturated rings. The van der Waals surface area contributed by atoms with Gasteiger partial charge >= 0.3 is 24.3 Å². The zero-order chi connectivity index (χ0) is 31.7. The minimum atomic E-state index is -5.08. The van der Waals surface area contributed by atoms with Crippen molar-refractivity contribution in [1.29, 1.82) is 0 Å². The molecule has 16 heteroatoms. The number of aromatic nitrogens is 4. The van der Waals surface area contributed by atoms with E-state index >= 15 is 0 Å². The first kappa shape index (κ1) is 33.7. The molecule has 3 heterocycles. The topological polar surface area (TPSA) is 139 Å². The number of ether oxygens (including phenoxy) is 1. The number of carboxylic acids is 2. The van der Waals surface area contributed by atoms with Crippen molar-refractivity contribution in [3.05, 3.63) is 54.7 Å². The fourth-order valence-corrected chi connectivity index (χ4v) is 3.16. The van der Waals surface area contributed by atoms with E-state index in [-0.39, 0.29) is 5.41 Å². The number of rotatable bonds is 7. The summed E-state index contributed by atoms with van der Waals surface area (Å²) in [5.41, 5.74) is 2.44. The van der Waals surface area contributed by atoms with Crippen molar-refractivity contribution in [2.75, 3.05) is 19.7 Å². The predicted octanol–water partition coefficient (Wildman–Crippen LogP) is 5.23. The van der Waals surface area contributed by atoms with E-state index in [1.807, 2.05) is 53.1 Å². The van der Waals surface area contributed by atoms with Gasteiger partial charge in [0, 0.05) is 23.5 Å². The highest BCUT2D eigenvalue weighted by molar-refractivity contribution is 5.86. The van der Waals surface area contributed by atoms with E-state index in [2.05, 4.69) is 42.4 Å². The van der Waals surface area contributed by atoms with Crippen LogP contribution in [0.25, 0.3) is 28.1 Å². The third-order valence-corrected chi connectivity index (χ3v) is 5.18. The van der Waals surface area contributed by atoms with E-state index in [1.54, 1.807) is 0 Å². The molecule has 228 valence electrons. The van der Waals surface area contributed by atoms with E-state index in [0.29, 0.717) is 6.61 Å².